The Hall–Kier alpha value is -1.63. The highest BCUT2D eigenvalue weighted by Crippen LogP contribution is 2.19. The molecule has 6 heteroatoms. The molecule has 1 N–H and O–H groups in total. The van der Waals surface area contributed by atoms with Crippen molar-refractivity contribution in [1.82, 2.24) is 14.7 Å². The molecule has 3 rings (SSSR count). The minimum absolute atomic E-state index is 0.0808. The third-order valence-electron chi connectivity index (χ3n) is 5.30. The highest BCUT2D eigenvalue weighted by atomic mass is 16.2. The summed E-state index contributed by atoms with van der Waals surface area (Å²) in [5, 5.41) is 3.03. The van der Waals surface area contributed by atoms with E-state index in [2.05, 4.69) is 51.0 Å². The summed E-state index contributed by atoms with van der Waals surface area (Å²) < 4.78 is 0. The van der Waals surface area contributed by atoms with Crippen LogP contribution in [0, 0.1) is 0 Å². The van der Waals surface area contributed by atoms with E-state index in [4.69, 9.17) is 0 Å². The van der Waals surface area contributed by atoms with E-state index >= 15 is 0 Å². The maximum Gasteiger partial charge on any atom is 0.238 e. The molecule has 2 saturated heterocycles. The zero-order valence-electron chi connectivity index (χ0n) is 15.6. The number of benzene rings is 1. The van der Waals surface area contributed by atoms with Gasteiger partial charge in [-0.15, -0.1) is 0 Å². The molecule has 1 amide bonds. The number of carbonyl (C=O) groups is 1. The van der Waals surface area contributed by atoms with Crippen molar-refractivity contribution in [3.05, 3.63) is 24.3 Å². The number of likely N-dealkylation sites (N-methyl/N-ethyl adjacent to an activating group) is 2. The Kier molecular flexibility index (Phi) is 6.29. The normalized spacial score (nSPS) is 20.6. The second-order valence-electron chi connectivity index (χ2n) is 7.10. The smallest absolute Gasteiger partial charge is 0.238 e. The van der Waals surface area contributed by atoms with Crippen LogP contribution in [0.15, 0.2) is 24.3 Å². The molecular weight excluding hydrogens is 314 g/mol. The van der Waals surface area contributed by atoms with Crippen LogP contribution in [0.1, 0.15) is 6.92 Å². The predicted molar refractivity (Wildman–Crippen MR) is 103 cm³/mol. The van der Waals surface area contributed by atoms with Gasteiger partial charge in [0.1, 0.15) is 0 Å². The van der Waals surface area contributed by atoms with Crippen molar-refractivity contribution in [3.8, 4) is 0 Å². The minimum atomic E-state index is 0.0808. The predicted octanol–water partition coefficient (Wildman–Crippen LogP) is 1.01. The summed E-state index contributed by atoms with van der Waals surface area (Å²) in [5.41, 5.74) is 2.12. The van der Waals surface area contributed by atoms with Crippen LogP contribution in [0.4, 0.5) is 11.4 Å². The van der Waals surface area contributed by atoms with Crippen LogP contribution in [0.5, 0.6) is 0 Å². The fourth-order valence-electron chi connectivity index (χ4n) is 3.49. The summed E-state index contributed by atoms with van der Waals surface area (Å²) in [7, 11) is 2.16. The van der Waals surface area contributed by atoms with E-state index in [0.29, 0.717) is 6.54 Å². The van der Waals surface area contributed by atoms with E-state index in [1.165, 1.54) is 5.69 Å². The second kappa shape index (κ2) is 8.65. The van der Waals surface area contributed by atoms with E-state index in [1.807, 2.05) is 12.1 Å². The summed E-state index contributed by atoms with van der Waals surface area (Å²) in [4.78, 5) is 21.7. The summed E-state index contributed by atoms with van der Waals surface area (Å²) in [6.07, 6.45) is 0. The van der Waals surface area contributed by atoms with E-state index in [-0.39, 0.29) is 5.91 Å². The van der Waals surface area contributed by atoms with Gasteiger partial charge in [-0.25, -0.2) is 0 Å². The number of rotatable bonds is 5. The fraction of sp³-hybridized carbons (Fsp3) is 0.632. The number of anilines is 2. The number of piperazine rings is 2. The van der Waals surface area contributed by atoms with Crippen molar-refractivity contribution in [2.75, 3.05) is 82.7 Å². The van der Waals surface area contributed by atoms with E-state index < -0.39 is 0 Å². The Morgan fingerprint density at radius 2 is 1.52 bits per heavy atom. The molecule has 1 aromatic rings. The lowest BCUT2D eigenvalue weighted by Gasteiger charge is -2.34. The second-order valence-corrected chi connectivity index (χ2v) is 7.10. The molecule has 138 valence electrons. The number of nitrogens with one attached hydrogen (secondary N) is 1. The molecule has 0 radical (unpaired) electrons. The van der Waals surface area contributed by atoms with Crippen molar-refractivity contribution < 1.29 is 4.79 Å². The first kappa shape index (κ1) is 18.2. The van der Waals surface area contributed by atoms with E-state index in [1.54, 1.807) is 0 Å². The van der Waals surface area contributed by atoms with Crippen LogP contribution in [0.3, 0.4) is 0 Å². The van der Waals surface area contributed by atoms with Gasteiger partial charge in [0, 0.05) is 63.7 Å². The maximum atomic E-state index is 12.3. The van der Waals surface area contributed by atoms with Gasteiger partial charge in [-0.1, -0.05) is 6.92 Å². The fourth-order valence-corrected chi connectivity index (χ4v) is 3.49. The molecule has 0 spiro atoms. The van der Waals surface area contributed by atoms with Crippen LogP contribution in [0.2, 0.25) is 0 Å². The van der Waals surface area contributed by atoms with Gasteiger partial charge in [-0.3, -0.25) is 9.69 Å². The lowest BCUT2D eigenvalue weighted by atomic mass is 10.2. The van der Waals surface area contributed by atoms with Gasteiger partial charge >= 0.3 is 0 Å². The quantitative estimate of drug-likeness (QED) is 0.863. The van der Waals surface area contributed by atoms with E-state index in [9.17, 15) is 4.79 Å². The average Bonchev–Trinajstić information content (AvgIpc) is 2.64. The van der Waals surface area contributed by atoms with Gasteiger partial charge in [-0.05, 0) is 37.9 Å². The van der Waals surface area contributed by atoms with Gasteiger partial charge in [-0.2, -0.15) is 0 Å². The van der Waals surface area contributed by atoms with Gasteiger partial charge in [0.25, 0.3) is 0 Å². The number of hydrogen-bond donors (Lipinski definition) is 1. The van der Waals surface area contributed by atoms with Crippen molar-refractivity contribution >= 4 is 17.3 Å². The zero-order valence-corrected chi connectivity index (χ0v) is 15.6. The highest BCUT2D eigenvalue weighted by Gasteiger charge is 2.18. The largest absolute Gasteiger partial charge is 0.369 e. The Balaban J connectivity index is 1.45. The summed E-state index contributed by atoms with van der Waals surface area (Å²) >= 11 is 0. The van der Waals surface area contributed by atoms with Gasteiger partial charge < -0.3 is 20.0 Å². The van der Waals surface area contributed by atoms with Crippen molar-refractivity contribution in [3.63, 3.8) is 0 Å². The first-order valence-corrected chi connectivity index (χ1v) is 9.42. The summed E-state index contributed by atoms with van der Waals surface area (Å²) in [6, 6.07) is 8.25. The number of nitrogens with zero attached hydrogens (tertiary/aromatic N) is 4. The van der Waals surface area contributed by atoms with Crippen molar-refractivity contribution in [1.29, 1.82) is 0 Å². The molecule has 0 aliphatic carbocycles. The molecule has 2 aliphatic heterocycles. The van der Waals surface area contributed by atoms with Crippen LogP contribution in [0.25, 0.3) is 0 Å². The lowest BCUT2D eigenvalue weighted by molar-refractivity contribution is -0.117. The Morgan fingerprint density at radius 1 is 0.920 bits per heavy atom. The van der Waals surface area contributed by atoms with Crippen LogP contribution < -0.4 is 10.2 Å². The topological polar surface area (TPSA) is 42.1 Å². The Morgan fingerprint density at radius 3 is 2.12 bits per heavy atom. The molecule has 0 aromatic heterocycles. The molecule has 2 fully saturated rings. The number of hydrogen-bond acceptors (Lipinski definition) is 5. The molecule has 2 heterocycles. The monoisotopic (exact) mass is 345 g/mol. The molecule has 1 aromatic carbocycles. The Labute approximate surface area is 151 Å². The molecule has 6 nitrogen and oxygen atoms in total. The molecule has 2 aliphatic rings. The number of amides is 1. The molecule has 0 atom stereocenters. The summed E-state index contributed by atoms with van der Waals surface area (Å²) in [6.45, 7) is 12.2. The minimum Gasteiger partial charge on any atom is -0.369 e. The van der Waals surface area contributed by atoms with Gasteiger partial charge in [0.05, 0.1) is 6.54 Å². The van der Waals surface area contributed by atoms with Crippen molar-refractivity contribution in [2.45, 2.75) is 6.92 Å². The van der Waals surface area contributed by atoms with Crippen LogP contribution in [-0.4, -0.2) is 93.1 Å². The Bertz CT molecular complexity index is 545. The molecule has 0 unspecified atom stereocenters. The molecule has 25 heavy (non-hydrogen) atoms. The SMILES string of the molecule is CCN1CCN(CC(=O)Nc2ccc(N3CCN(C)CC3)cc2)CC1. The molecule has 0 saturated carbocycles. The maximum absolute atomic E-state index is 12.3. The molecular formula is C19H31N5O. The standard InChI is InChI=1S/C19H31N5O/c1-3-22-10-12-23(13-11-22)16-19(25)20-17-4-6-18(7-5-17)24-14-8-21(2)9-15-24/h4-7H,3,8-16H2,1-2H3,(H,20,25). The van der Waals surface area contributed by atoms with Gasteiger partial charge in [0.15, 0.2) is 0 Å². The first-order chi connectivity index (χ1) is 12.1. The third-order valence-corrected chi connectivity index (χ3v) is 5.30. The zero-order chi connectivity index (χ0) is 17.6. The average molecular weight is 345 g/mol. The highest BCUT2D eigenvalue weighted by molar-refractivity contribution is 5.92. The van der Waals surface area contributed by atoms with Crippen LogP contribution >= 0.6 is 0 Å². The molecule has 0 bridgehead atoms. The van der Waals surface area contributed by atoms with E-state index in [0.717, 1.165) is 64.6 Å². The lowest BCUT2D eigenvalue weighted by Crippen LogP contribution is -2.48. The third kappa shape index (κ3) is 5.17. The number of carbonyl (C=O) groups excluding carboxylic acids is 1. The van der Waals surface area contributed by atoms with Crippen molar-refractivity contribution in [2.24, 2.45) is 0 Å². The summed E-state index contributed by atoms with van der Waals surface area (Å²) in [5.74, 6) is 0.0808. The van der Waals surface area contributed by atoms with Crippen LogP contribution in [-0.2, 0) is 4.79 Å². The van der Waals surface area contributed by atoms with Gasteiger partial charge in [0.2, 0.25) is 5.91 Å². The first-order valence-electron chi connectivity index (χ1n) is 9.42.